The summed E-state index contributed by atoms with van der Waals surface area (Å²) in [4.78, 5) is 1.25. The van der Waals surface area contributed by atoms with E-state index in [0.29, 0.717) is 0 Å². The van der Waals surface area contributed by atoms with Gasteiger partial charge < -0.3 is 0 Å². The lowest BCUT2D eigenvalue weighted by Gasteiger charge is -2.00. The molecule has 1 unspecified atom stereocenters. The van der Waals surface area contributed by atoms with E-state index in [2.05, 4.69) is 34.2 Å². The molecule has 1 rings (SSSR count). The van der Waals surface area contributed by atoms with Gasteiger partial charge in [-0.3, -0.25) is 0 Å². The highest BCUT2D eigenvalue weighted by Crippen LogP contribution is 2.33. The number of hydrogen-bond donors (Lipinski definition) is 0. The van der Waals surface area contributed by atoms with Gasteiger partial charge >= 0.3 is 0 Å². The highest BCUT2D eigenvalue weighted by Gasteiger charge is 2.10. The first kappa shape index (κ1) is 8.83. The summed E-state index contributed by atoms with van der Waals surface area (Å²) < 4.78 is 1.17. The minimum Gasteiger partial charge on any atom is -0.146 e. The van der Waals surface area contributed by atoms with Gasteiger partial charge in [-0.15, -0.1) is 17.8 Å². The molecule has 0 amide bonds. The number of halogens is 1. The summed E-state index contributed by atoms with van der Waals surface area (Å²) in [6, 6.07) is 0. The fourth-order valence-electron chi connectivity index (χ4n) is 0.818. The maximum Gasteiger partial charge on any atom is 0.0526 e. The Kier molecular flexibility index (Phi) is 2.75. The first-order chi connectivity index (χ1) is 5.16. The minimum atomic E-state index is 0.225. The molecule has 0 saturated heterocycles. The third-order valence-corrected chi connectivity index (χ3v) is 4.17. The van der Waals surface area contributed by atoms with Gasteiger partial charge in [0.15, 0.2) is 0 Å². The molecule has 0 aromatic carbocycles. The molecule has 1 heterocycles. The summed E-state index contributed by atoms with van der Waals surface area (Å²) in [5, 5.41) is 2.12. The van der Waals surface area contributed by atoms with Crippen LogP contribution in [0.3, 0.4) is 0 Å². The van der Waals surface area contributed by atoms with E-state index < -0.39 is 0 Å². The first-order valence-corrected chi connectivity index (χ1v) is 5.03. The van der Waals surface area contributed by atoms with Crippen LogP contribution < -0.4 is 0 Å². The maximum atomic E-state index is 5.32. The number of thiophene rings is 1. The van der Waals surface area contributed by atoms with Crippen LogP contribution in [0.5, 0.6) is 0 Å². The predicted molar refractivity (Wildman–Crippen MR) is 54.0 cm³/mol. The second-order valence-corrected chi connectivity index (χ2v) is 4.19. The van der Waals surface area contributed by atoms with E-state index in [1.807, 2.05) is 6.92 Å². The molecule has 0 aliphatic heterocycles. The molecule has 0 fully saturated rings. The van der Waals surface area contributed by atoms with Crippen LogP contribution in [0.4, 0.5) is 0 Å². The topological polar surface area (TPSA) is 0 Å². The molecule has 0 aliphatic carbocycles. The Morgan fingerprint density at radius 2 is 2.36 bits per heavy atom. The van der Waals surface area contributed by atoms with Gasteiger partial charge in [0.2, 0.25) is 0 Å². The molecule has 0 radical (unpaired) electrons. The zero-order valence-corrected chi connectivity index (χ0v) is 8.92. The summed E-state index contributed by atoms with van der Waals surface area (Å²) in [5.74, 6) is 2.94. The van der Waals surface area contributed by atoms with E-state index in [4.69, 9.17) is 6.42 Å². The van der Waals surface area contributed by atoms with E-state index in [-0.39, 0.29) is 5.92 Å². The Hall–Kier alpha value is -0.260. The van der Waals surface area contributed by atoms with Crippen LogP contribution in [0.2, 0.25) is 0 Å². The van der Waals surface area contributed by atoms with E-state index in [1.165, 1.54) is 14.9 Å². The average Bonchev–Trinajstić information content (AvgIpc) is 2.32. The summed E-state index contributed by atoms with van der Waals surface area (Å²) in [5.41, 5.74) is 1.27. The Bertz CT molecular complexity index is 293. The predicted octanol–water partition coefficient (Wildman–Crippen LogP) is 3.56. The molecule has 0 spiro atoms. The Balaban J connectivity index is 3.07. The molecule has 0 saturated carbocycles. The van der Waals surface area contributed by atoms with Gasteiger partial charge in [-0.1, -0.05) is 5.92 Å². The van der Waals surface area contributed by atoms with Crippen LogP contribution >= 0.6 is 27.3 Å². The van der Waals surface area contributed by atoms with E-state index in [1.54, 1.807) is 11.3 Å². The summed E-state index contributed by atoms with van der Waals surface area (Å²) in [7, 11) is 0. The van der Waals surface area contributed by atoms with Crippen molar-refractivity contribution in [2.75, 3.05) is 0 Å². The number of hydrogen-bond acceptors (Lipinski definition) is 1. The monoisotopic (exact) mass is 228 g/mol. The third-order valence-electron chi connectivity index (χ3n) is 1.57. The fourth-order valence-corrected chi connectivity index (χ4v) is 2.67. The highest BCUT2D eigenvalue weighted by atomic mass is 79.9. The zero-order chi connectivity index (χ0) is 8.43. The van der Waals surface area contributed by atoms with Gasteiger partial charge in [0, 0.05) is 9.35 Å². The minimum absolute atomic E-state index is 0.225. The molecule has 1 aromatic rings. The van der Waals surface area contributed by atoms with Crippen molar-refractivity contribution in [3.05, 3.63) is 20.3 Å². The van der Waals surface area contributed by atoms with Crippen molar-refractivity contribution in [1.82, 2.24) is 0 Å². The molecule has 1 atom stereocenters. The standard InChI is InChI=1S/C9H9BrS/c1-4-6(2)9-8(10)7(3)5-11-9/h1,5-6H,2-3H3. The van der Waals surface area contributed by atoms with Gasteiger partial charge in [0.1, 0.15) is 0 Å². The Morgan fingerprint density at radius 3 is 2.73 bits per heavy atom. The van der Waals surface area contributed by atoms with Crippen molar-refractivity contribution in [2.45, 2.75) is 19.8 Å². The van der Waals surface area contributed by atoms with Crippen molar-refractivity contribution in [3.63, 3.8) is 0 Å². The molecular formula is C9H9BrS. The van der Waals surface area contributed by atoms with Crippen LogP contribution in [-0.4, -0.2) is 0 Å². The smallest absolute Gasteiger partial charge is 0.0526 e. The first-order valence-electron chi connectivity index (χ1n) is 3.36. The normalized spacial score (nSPS) is 12.5. The van der Waals surface area contributed by atoms with Crippen LogP contribution in [0.15, 0.2) is 9.85 Å². The molecule has 0 aliphatic rings. The second-order valence-electron chi connectivity index (χ2n) is 2.49. The largest absolute Gasteiger partial charge is 0.146 e. The fraction of sp³-hybridized carbons (Fsp3) is 0.333. The quantitative estimate of drug-likeness (QED) is 0.646. The molecular weight excluding hydrogens is 220 g/mol. The molecule has 58 valence electrons. The van der Waals surface area contributed by atoms with Gasteiger partial charge in [0.05, 0.1) is 5.92 Å². The number of terminal acetylenes is 1. The maximum absolute atomic E-state index is 5.32. The molecule has 0 N–H and O–H groups in total. The number of rotatable bonds is 1. The molecule has 0 nitrogen and oxygen atoms in total. The van der Waals surface area contributed by atoms with Crippen molar-refractivity contribution < 1.29 is 0 Å². The lowest BCUT2D eigenvalue weighted by atomic mass is 10.1. The average molecular weight is 229 g/mol. The highest BCUT2D eigenvalue weighted by molar-refractivity contribution is 9.10. The van der Waals surface area contributed by atoms with Crippen LogP contribution in [0.1, 0.15) is 23.3 Å². The molecule has 0 bridgehead atoms. The van der Waals surface area contributed by atoms with Crippen LogP contribution in [0, 0.1) is 19.3 Å². The summed E-state index contributed by atoms with van der Waals surface area (Å²) >= 11 is 5.23. The molecule has 2 heteroatoms. The van der Waals surface area contributed by atoms with E-state index in [9.17, 15) is 0 Å². The van der Waals surface area contributed by atoms with Gasteiger partial charge in [-0.05, 0) is 40.7 Å². The number of aryl methyl sites for hydroxylation is 1. The van der Waals surface area contributed by atoms with Gasteiger partial charge in [-0.2, -0.15) is 0 Å². The second kappa shape index (κ2) is 3.42. The van der Waals surface area contributed by atoms with E-state index >= 15 is 0 Å². The van der Waals surface area contributed by atoms with Crippen LogP contribution in [-0.2, 0) is 0 Å². The van der Waals surface area contributed by atoms with Gasteiger partial charge in [0.25, 0.3) is 0 Å². The van der Waals surface area contributed by atoms with Gasteiger partial charge in [-0.25, -0.2) is 0 Å². The summed E-state index contributed by atoms with van der Waals surface area (Å²) in [6.07, 6.45) is 5.32. The lowest BCUT2D eigenvalue weighted by molar-refractivity contribution is 1.03. The summed E-state index contributed by atoms with van der Waals surface area (Å²) in [6.45, 7) is 4.11. The van der Waals surface area contributed by atoms with Crippen LogP contribution in [0.25, 0.3) is 0 Å². The van der Waals surface area contributed by atoms with Crippen molar-refractivity contribution in [2.24, 2.45) is 0 Å². The SMILES string of the molecule is C#CC(C)c1scc(C)c1Br. The van der Waals surface area contributed by atoms with Crippen molar-refractivity contribution in [1.29, 1.82) is 0 Å². The van der Waals surface area contributed by atoms with Crippen molar-refractivity contribution in [3.8, 4) is 12.3 Å². The molecule has 1 aromatic heterocycles. The Morgan fingerprint density at radius 1 is 1.73 bits per heavy atom. The van der Waals surface area contributed by atoms with Crippen molar-refractivity contribution >= 4 is 27.3 Å². The van der Waals surface area contributed by atoms with E-state index in [0.717, 1.165) is 0 Å². The Labute approximate surface area is 79.8 Å². The lowest BCUT2D eigenvalue weighted by Crippen LogP contribution is -1.84. The molecule has 11 heavy (non-hydrogen) atoms. The third kappa shape index (κ3) is 1.66. The zero-order valence-electron chi connectivity index (χ0n) is 6.52.